The van der Waals surface area contributed by atoms with E-state index in [1.54, 1.807) is 0 Å². The number of hydrogen-bond acceptors (Lipinski definition) is 6. The molecule has 0 fully saturated rings. The molecule has 0 aromatic heterocycles. The zero-order chi connectivity index (χ0) is 13.9. The van der Waals surface area contributed by atoms with E-state index in [0.29, 0.717) is 11.4 Å². The number of nitrogens with zero attached hydrogens (tertiary/aromatic N) is 3. The monoisotopic (exact) mass is 266 g/mol. The van der Waals surface area contributed by atoms with E-state index in [-0.39, 0.29) is 0 Å². The molecule has 5 N–H and O–H groups in total. The van der Waals surface area contributed by atoms with Gasteiger partial charge in [0.05, 0.1) is 0 Å². The van der Waals surface area contributed by atoms with E-state index < -0.39 is 0 Å². The number of nitrogens with one attached hydrogen (secondary N) is 1. The molecule has 0 bridgehead atoms. The number of anilines is 1. The van der Waals surface area contributed by atoms with Gasteiger partial charge in [0, 0.05) is 16.8 Å². The van der Waals surface area contributed by atoms with E-state index in [0.717, 1.165) is 22.1 Å². The Labute approximate surface area is 116 Å². The maximum Gasteiger partial charge on any atom is 0.122 e. The molecule has 1 aliphatic rings. The summed E-state index contributed by atoms with van der Waals surface area (Å²) in [7, 11) is 0. The number of hydrazine groups is 2. The van der Waals surface area contributed by atoms with Crippen LogP contribution < -0.4 is 17.1 Å². The maximum atomic E-state index is 5.83. The Morgan fingerprint density at radius 3 is 2.40 bits per heavy atom. The highest BCUT2D eigenvalue weighted by Crippen LogP contribution is 2.14. The minimum absolute atomic E-state index is 0.666. The molecule has 0 amide bonds. The van der Waals surface area contributed by atoms with E-state index in [4.69, 9.17) is 11.6 Å². The molecule has 0 saturated carbocycles. The first-order valence-electron chi connectivity index (χ1n) is 6.12. The molecular formula is C14H14N6. The second-order valence-electron chi connectivity index (χ2n) is 4.35. The highest BCUT2D eigenvalue weighted by atomic mass is 15.9. The Morgan fingerprint density at radius 1 is 0.900 bits per heavy atom. The Hall–Kier alpha value is -2.86. The predicted molar refractivity (Wildman–Crippen MR) is 79.5 cm³/mol. The van der Waals surface area contributed by atoms with Crippen molar-refractivity contribution in [3.8, 4) is 0 Å². The minimum atomic E-state index is 0.666. The summed E-state index contributed by atoms with van der Waals surface area (Å²) in [6, 6.07) is 17.2. The number of hydrazone groups is 2. The summed E-state index contributed by atoms with van der Waals surface area (Å²) in [4.78, 5) is 0. The van der Waals surface area contributed by atoms with Gasteiger partial charge in [-0.05, 0) is 12.1 Å². The van der Waals surface area contributed by atoms with Gasteiger partial charge in [-0.15, -0.1) is 10.3 Å². The molecule has 2 aromatic rings. The van der Waals surface area contributed by atoms with Crippen LogP contribution in [0.15, 0.2) is 64.8 Å². The molecule has 0 spiro atoms. The van der Waals surface area contributed by atoms with Crippen molar-refractivity contribution in [3.05, 3.63) is 65.7 Å². The summed E-state index contributed by atoms with van der Waals surface area (Å²) in [6.45, 7) is 0. The smallest absolute Gasteiger partial charge is 0.122 e. The van der Waals surface area contributed by atoms with Crippen LogP contribution in [0.5, 0.6) is 0 Å². The Balaban J connectivity index is 2.08. The van der Waals surface area contributed by atoms with Crippen LogP contribution in [0.3, 0.4) is 0 Å². The number of nitrogens with two attached hydrogens (primary N) is 2. The molecule has 2 aromatic carbocycles. The molecule has 6 heteroatoms. The summed E-state index contributed by atoms with van der Waals surface area (Å²) < 4.78 is 0. The van der Waals surface area contributed by atoms with Gasteiger partial charge in [0.2, 0.25) is 0 Å². The van der Waals surface area contributed by atoms with Crippen LogP contribution in [0.1, 0.15) is 11.1 Å². The van der Waals surface area contributed by atoms with Crippen molar-refractivity contribution in [2.75, 3.05) is 5.73 Å². The first kappa shape index (κ1) is 12.2. The second kappa shape index (κ2) is 5.02. The van der Waals surface area contributed by atoms with E-state index in [2.05, 4.69) is 15.7 Å². The molecule has 0 unspecified atom stereocenters. The van der Waals surface area contributed by atoms with Gasteiger partial charge < -0.3 is 5.73 Å². The third kappa shape index (κ3) is 2.32. The lowest BCUT2D eigenvalue weighted by Crippen LogP contribution is -2.43. The van der Waals surface area contributed by atoms with E-state index in [1.165, 1.54) is 0 Å². The molecule has 0 radical (unpaired) electrons. The minimum Gasteiger partial charge on any atom is -0.399 e. The number of benzene rings is 2. The van der Waals surface area contributed by atoms with Crippen molar-refractivity contribution < 1.29 is 0 Å². The van der Waals surface area contributed by atoms with Crippen molar-refractivity contribution in [3.63, 3.8) is 0 Å². The van der Waals surface area contributed by atoms with Gasteiger partial charge in [0.1, 0.15) is 11.4 Å². The third-order valence-corrected chi connectivity index (χ3v) is 2.90. The summed E-state index contributed by atoms with van der Waals surface area (Å²) in [5, 5.41) is 9.62. The van der Waals surface area contributed by atoms with Crippen molar-refractivity contribution in [1.82, 2.24) is 10.8 Å². The van der Waals surface area contributed by atoms with Gasteiger partial charge in [0.25, 0.3) is 0 Å². The summed E-state index contributed by atoms with van der Waals surface area (Å²) >= 11 is 0. The molecule has 0 aliphatic carbocycles. The largest absolute Gasteiger partial charge is 0.399 e. The zero-order valence-electron chi connectivity index (χ0n) is 10.7. The number of rotatable bonds is 2. The maximum absolute atomic E-state index is 5.83. The molecular weight excluding hydrogens is 252 g/mol. The standard InChI is InChI=1S/C14H14N6/c15-12-8-4-7-11(9-12)14-13(17-19-20(16)18-14)10-5-2-1-3-6-10/h1-9,19H,15-16H2. The van der Waals surface area contributed by atoms with Crippen LogP contribution in [0.25, 0.3) is 0 Å². The van der Waals surface area contributed by atoms with Crippen molar-refractivity contribution in [2.45, 2.75) is 0 Å². The van der Waals surface area contributed by atoms with Gasteiger partial charge in [-0.1, -0.05) is 42.5 Å². The zero-order valence-corrected chi connectivity index (χ0v) is 10.7. The normalized spacial score (nSPS) is 14.3. The first-order chi connectivity index (χ1) is 9.74. The predicted octanol–water partition coefficient (Wildman–Crippen LogP) is 1.07. The van der Waals surface area contributed by atoms with Gasteiger partial charge in [-0.25, -0.2) is 5.84 Å². The average Bonchev–Trinajstić information content (AvgIpc) is 2.48. The molecule has 0 atom stereocenters. The second-order valence-corrected chi connectivity index (χ2v) is 4.35. The van der Waals surface area contributed by atoms with Crippen molar-refractivity contribution in [2.24, 2.45) is 16.0 Å². The van der Waals surface area contributed by atoms with Crippen molar-refractivity contribution >= 4 is 17.1 Å². The molecule has 1 aliphatic heterocycles. The lowest BCUT2D eigenvalue weighted by molar-refractivity contribution is 0.203. The number of hydrogen-bond donors (Lipinski definition) is 3. The highest BCUT2D eigenvalue weighted by molar-refractivity contribution is 6.53. The van der Waals surface area contributed by atoms with Crippen LogP contribution in [-0.4, -0.2) is 16.7 Å². The average molecular weight is 266 g/mol. The summed E-state index contributed by atoms with van der Waals surface area (Å²) in [5.74, 6) is 5.64. The fourth-order valence-corrected chi connectivity index (χ4v) is 2.01. The summed E-state index contributed by atoms with van der Waals surface area (Å²) in [5.41, 5.74) is 12.3. The quantitative estimate of drug-likeness (QED) is 0.560. The first-order valence-corrected chi connectivity index (χ1v) is 6.12. The fourth-order valence-electron chi connectivity index (χ4n) is 2.01. The van der Waals surface area contributed by atoms with Gasteiger partial charge >= 0.3 is 0 Å². The lowest BCUT2D eigenvalue weighted by atomic mass is 9.99. The Bertz CT molecular complexity index is 677. The highest BCUT2D eigenvalue weighted by Gasteiger charge is 2.19. The SMILES string of the molecule is Nc1cccc(C2=NN(N)NN=C2c2ccccc2)c1. The van der Waals surface area contributed by atoms with E-state index in [1.807, 2.05) is 54.6 Å². The van der Waals surface area contributed by atoms with Crippen molar-refractivity contribution in [1.29, 1.82) is 0 Å². The van der Waals surface area contributed by atoms with Crippen LogP contribution in [-0.2, 0) is 0 Å². The Kier molecular flexibility index (Phi) is 3.06. The molecule has 20 heavy (non-hydrogen) atoms. The molecule has 3 rings (SSSR count). The molecule has 6 nitrogen and oxygen atoms in total. The molecule has 0 saturated heterocycles. The number of nitrogen functional groups attached to an aromatic ring is 1. The van der Waals surface area contributed by atoms with E-state index in [9.17, 15) is 0 Å². The van der Waals surface area contributed by atoms with E-state index >= 15 is 0 Å². The van der Waals surface area contributed by atoms with Gasteiger partial charge in [-0.3, -0.25) is 0 Å². The molecule has 1 heterocycles. The van der Waals surface area contributed by atoms with Gasteiger partial charge in [0.15, 0.2) is 0 Å². The topological polar surface area (TPSA) is 92.0 Å². The fraction of sp³-hybridized carbons (Fsp3) is 0. The van der Waals surface area contributed by atoms with Crippen LogP contribution in [0, 0.1) is 0 Å². The van der Waals surface area contributed by atoms with Crippen LogP contribution in [0.4, 0.5) is 5.69 Å². The third-order valence-electron chi connectivity index (χ3n) is 2.90. The van der Waals surface area contributed by atoms with Gasteiger partial charge in [-0.2, -0.15) is 10.6 Å². The summed E-state index contributed by atoms with van der Waals surface area (Å²) in [6.07, 6.45) is 0. The molecule has 100 valence electrons. The Morgan fingerprint density at radius 2 is 1.65 bits per heavy atom. The van der Waals surface area contributed by atoms with Crippen LogP contribution in [0.2, 0.25) is 0 Å². The lowest BCUT2D eigenvalue weighted by Gasteiger charge is -2.21. The van der Waals surface area contributed by atoms with Crippen LogP contribution >= 0.6 is 0 Å².